The maximum Gasteiger partial charge on any atom is 0.220 e. The SMILES string of the molecule is CCOCCCC(=O)NCC1CCCC(O)C1. The van der Waals surface area contributed by atoms with Gasteiger partial charge in [0.1, 0.15) is 0 Å². The number of hydrogen-bond acceptors (Lipinski definition) is 3. The van der Waals surface area contributed by atoms with Gasteiger partial charge in [0.15, 0.2) is 0 Å². The summed E-state index contributed by atoms with van der Waals surface area (Å²) in [7, 11) is 0. The van der Waals surface area contributed by atoms with E-state index in [2.05, 4.69) is 5.32 Å². The lowest BCUT2D eigenvalue weighted by molar-refractivity contribution is -0.121. The average molecular weight is 243 g/mol. The normalized spacial score (nSPS) is 24.6. The van der Waals surface area contributed by atoms with E-state index in [0.29, 0.717) is 32.1 Å². The molecule has 100 valence electrons. The van der Waals surface area contributed by atoms with Gasteiger partial charge in [-0.1, -0.05) is 6.42 Å². The van der Waals surface area contributed by atoms with Crippen molar-refractivity contribution in [2.24, 2.45) is 5.92 Å². The third kappa shape index (κ3) is 6.64. The molecule has 1 amide bonds. The molecule has 0 radical (unpaired) electrons. The second-order valence-electron chi connectivity index (χ2n) is 4.79. The number of ether oxygens (including phenoxy) is 1. The Bertz CT molecular complexity index is 221. The molecule has 2 unspecified atom stereocenters. The molecule has 1 saturated carbocycles. The summed E-state index contributed by atoms with van der Waals surface area (Å²) in [6.07, 6.45) is 5.10. The van der Waals surface area contributed by atoms with E-state index < -0.39 is 0 Å². The minimum atomic E-state index is -0.163. The number of aliphatic hydroxyl groups excluding tert-OH is 1. The van der Waals surface area contributed by atoms with Gasteiger partial charge in [0.05, 0.1) is 6.10 Å². The zero-order valence-corrected chi connectivity index (χ0v) is 10.8. The summed E-state index contributed by atoms with van der Waals surface area (Å²) in [5.74, 6) is 0.555. The van der Waals surface area contributed by atoms with Crippen LogP contribution in [0, 0.1) is 5.92 Å². The fourth-order valence-corrected chi connectivity index (χ4v) is 2.27. The molecule has 0 aromatic carbocycles. The van der Waals surface area contributed by atoms with Crippen LogP contribution in [0.15, 0.2) is 0 Å². The van der Waals surface area contributed by atoms with E-state index in [-0.39, 0.29) is 12.0 Å². The molecule has 0 aliphatic heterocycles. The molecule has 0 aromatic heterocycles. The van der Waals surface area contributed by atoms with Crippen LogP contribution in [0.3, 0.4) is 0 Å². The van der Waals surface area contributed by atoms with Crippen LogP contribution >= 0.6 is 0 Å². The minimum absolute atomic E-state index is 0.102. The molecular formula is C13H25NO3. The van der Waals surface area contributed by atoms with E-state index in [1.807, 2.05) is 6.92 Å². The van der Waals surface area contributed by atoms with Crippen molar-refractivity contribution in [3.8, 4) is 0 Å². The van der Waals surface area contributed by atoms with Crippen LogP contribution in [0.2, 0.25) is 0 Å². The first-order valence-electron chi connectivity index (χ1n) is 6.75. The average Bonchev–Trinajstić information content (AvgIpc) is 2.32. The second-order valence-corrected chi connectivity index (χ2v) is 4.79. The number of carbonyl (C=O) groups excluding carboxylic acids is 1. The van der Waals surface area contributed by atoms with Crippen LogP contribution in [0.1, 0.15) is 45.4 Å². The molecule has 0 saturated heterocycles. The Morgan fingerprint density at radius 2 is 2.29 bits per heavy atom. The smallest absolute Gasteiger partial charge is 0.220 e. The van der Waals surface area contributed by atoms with Crippen molar-refractivity contribution < 1.29 is 14.6 Å². The summed E-state index contributed by atoms with van der Waals surface area (Å²) in [5, 5.41) is 12.5. The van der Waals surface area contributed by atoms with Crippen LogP contribution in [0.5, 0.6) is 0 Å². The summed E-state index contributed by atoms with van der Waals surface area (Å²) in [6.45, 7) is 4.03. The van der Waals surface area contributed by atoms with Gasteiger partial charge in [0, 0.05) is 26.2 Å². The molecule has 0 aromatic rings. The maximum atomic E-state index is 11.5. The van der Waals surface area contributed by atoms with Gasteiger partial charge in [0.2, 0.25) is 5.91 Å². The van der Waals surface area contributed by atoms with Crippen LogP contribution in [-0.4, -0.2) is 36.9 Å². The first-order chi connectivity index (χ1) is 8.22. The molecule has 4 heteroatoms. The summed E-state index contributed by atoms with van der Waals surface area (Å²) in [5.41, 5.74) is 0. The number of aliphatic hydroxyl groups is 1. The predicted molar refractivity (Wildman–Crippen MR) is 66.7 cm³/mol. The summed E-state index contributed by atoms with van der Waals surface area (Å²) in [4.78, 5) is 11.5. The topological polar surface area (TPSA) is 58.6 Å². The molecule has 0 heterocycles. The Hall–Kier alpha value is -0.610. The highest BCUT2D eigenvalue weighted by atomic mass is 16.5. The largest absolute Gasteiger partial charge is 0.393 e. The maximum absolute atomic E-state index is 11.5. The molecule has 0 bridgehead atoms. The lowest BCUT2D eigenvalue weighted by Gasteiger charge is -2.25. The zero-order valence-electron chi connectivity index (χ0n) is 10.8. The highest BCUT2D eigenvalue weighted by Crippen LogP contribution is 2.23. The van der Waals surface area contributed by atoms with Crippen LogP contribution < -0.4 is 5.32 Å². The van der Waals surface area contributed by atoms with E-state index in [0.717, 1.165) is 32.1 Å². The highest BCUT2D eigenvalue weighted by molar-refractivity contribution is 5.75. The molecular weight excluding hydrogens is 218 g/mol. The van der Waals surface area contributed by atoms with Crippen LogP contribution in [0.25, 0.3) is 0 Å². The Kier molecular flexibility index (Phi) is 7.21. The molecule has 1 fully saturated rings. The summed E-state index contributed by atoms with van der Waals surface area (Å²) >= 11 is 0. The number of hydrogen-bond donors (Lipinski definition) is 2. The van der Waals surface area contributed by atoms with Crippen molar-refractivity contribution in [3.63, 3.8) is 0 Å². The standard InChI is InChI=1S/C13H25NO3/c1-2-17-8-4-7-13(16)14-10-11-5-3-6-12(15)9-11/h11-12,15H,2-10H2,1H3,(H,14,16). The molecule has 2 atom stereocenters. The van der Waals surface area contributed by atoms with Crippen molar-refractivity contribution in [2.75, 3.05) is 19.8 Å². The van der Waals surface area contributed by atoms with Gasteiger partial charge in [-0.05, 0) is 38.5 Å². The van der Waals surface area contributed by atoms with Crippen molar-refractivity contribution >= 4 is 5.91 Å². The molecule has 1 rings (SSSR count). The number of nitrogens with one attached hydrogen (secondary N) is 1. The van der Waals surface area contributed by atoms with E-state index in [9.17, 15) is 9.90 Å². The van der Waals surface area contributed by atoms with Crippen LogP contribution in [-0.2, 0) is 9.53 Å². The van der Waals surface area contributed by atoms with Crippen LogP contribution in [0.4, 0.5) is 0 Å². The fourth-order valence-electron chi connectivity index (χ4n) is 2.27. The van der Waals surface area contributed by atoms with Gasteiger partial charge in [0.25, 0.3) is 0 Å². The third-order valence-electron chi connectivity index (χ3n) is 3.24. The lowest BCUT2D eigenvalue weighted by Crippen LogP contribution is -2.32. The minimum Gasteiger partial charge on any atom is -0.393 e. The molecule has 1 aliphatic carbocycles. The van der Waals surface area contributed by atoms with Crippen molar-refractivity contribution in [1.82, 2.24) is 5.32 Å². The van der Waals surface area contributed by atoms with Gasteiger partial charge in [-0.15, -0.1) is 0 Å². The number of carbonyl (C=O) groups is 1. The van der Waals surface area contributed by atoms with Gasteiger partial charge in [-0.3, -0.25) is 4.79 Å². The Balaban J connectivity index is 2.02. The lowest BCUT2D eigenvalue weighted by atomic mass is 9.87. The molecule has 17 heavy (non-hydrogen) atoms. The highest BCUT2D eigenvalue weighted by Gasteiger charge is 2.20. The van der Waals surface area contributed by atoms with Crippen molar-refractivity contribution in [1.29, 1.82) is 0 Å². The van der Waals surface area contributed by atoms with Gasteiger partial charge in [-0.25, -0.2) is 0 Å². The number of rotatable bonds is 7. The van der Waals surface area contributed by atoms with E-state index in [1.165, 1.54) is 0 Å². The van der Waals surface area contributed by atoms with Gasteiger partial charge >= 0.3 is 0 Å². The Morgan fingerprint density at radius 3 is 3.00 bits per heavy atom. The van der Waals surface area contributed by atoms with E-state index >= 15 is 0 Å². The quantitative estimate of drug-likeness (QED) is 0.666. The third-order valence-corrected chi connectivity index (χ3v) is 3.24. The first-order valence-corrected chi connectivity index (χ1v) is 6.75. The zero-order chi connectivity index (χ0) is 12.5. The monoisotopic (exact) mass is 243 g/mol. The molecule has 2 N–H and O–H groups in total. The Morgan fingerprint density at radius 1 is 1.47 bits per heavy atom. The number of amides is 1. The molecule has 1 aliphatic rings. The molecule has 0 spiro atoms. The second kappa shape index (κ2) is 8.48. The van der Waals surface area contributed by atoms with Gasteiger partial charge < -0.3 is 15.2 Å². The predicted octanol–water partition coefficient (Wildman–Crippen LogP) is 1.47. The Labute approximate surface area is 104 Å². The van der Waals surface area contributed by atoms with Crippen molar-refractivity contribution in [3.05, 3.63) is 0 Å². The van der Waals surface area contributed by atoms with Crippen molar-refractivity contribution in [2.45, 2.75) is 51.6 Å². The fraction of sp³-hybridized carbons (Fsp3) is 0.923. The van der Waals surface area contributed by atoms with Gasteiger partial charge in [-0.2, -0.15) is 0 Å². The summed E-state index contributed by atoms with van der Waals surface area (Å²) in [6, 6.07) is 0. The van der Waals surface area contributed by atoms with E-state index in [4.69, 9.17) is 4.74 Å². The molecule has 4 nitrogen and oxygen atoms in total. The summed E-state index contributed by atoms with van der Waals surface area (Å²) < 4.78 is 5.18. The first kappa shape index (κ1) is 14.5. The van der Waals surface area contributed by atoms with E-state index in [1.54, 1.807) is 0 Å².